The fourth-order valence-corrected chi connectivity index (χ4v) is 1.49. The summed E-state index contributed by atoms with van der Waals surface area (Å²) < 4.78 is 0. The summed E-state index contributed by atoms with van der Waals surface area (Å²) >= 11 is 0. The Hall–Kier alpha value is -1.86. The van der Waals surface area contributed by atoms with Crippen LogP contribution in [-0.2, 0) is 5.41 Å². The molecule has 4 nitrogen and oxygen atoms in total. The molecule has 0 aliphatic rings. The lowest BCUT2D eigenvalue weighted by atomic mass is 9.87. The van der Waals surface area contributed by atoms with Gasteiger partial charge in [-0.15, -0.1) is 0 Å². The lowest BCUT2D eigenvalue weighted by molar-refractivity contribution is 0.399. The number of nitrogens with zero attached hydrogens (tertiary/aromatic N) is 2. The van der Waals surface area contributed by atoms with E-state index in [-0.39, 0.29) is 0 Å². The molecule has 2 N–H and O–H groups in total. The van der Waals surface area contributed by atoms with Crippen molar-refractivity contribution in [3.05, 3.63) is 30.1 Å². The van der Waals surface area contributed by atoms with Crippen LogP contribution < -0.4 is 0 Å². The van der Waals surface area contributed by atoms with Gasteiger partial charge in [0.2, 0.25) is 0 Å². The fraction of sp³-hybridized carbons (Fsp3) is 0.333. The molecule has 0 unspecified atom stereocenters. The molecule has 0 radical (unpaired) electrons. The van der Waals surface area contributed by atoms with Crippen molar-refractivity contribution < 1.29 is 5.11 Å². The third kappa shape index (κ3) is 2.05. The van der Waals surface area contributed by atoms with Crippen molar-refractivity contribution in [2.24, 2.45) is 0 Å². The minimum absolute atomic E-state index is 0.493. The van der Waals surface area contributed by atoms with E-state index in [0.717, 1.165) is 23.7 Å². The highest BCUT2D eigenvalue weighted by Crippen LogP contribution is 2.27. The topological polar surface area (TPSA) is 72.7 Å². The average Bonchev–Trinajstić information content (AvgIpc) is 2.76. The van der Waals surface area contributed by atoms with E-state index in [9.17, 15) is 0 Å². The molecule has 0 saturated heterocycles. The van der Waals surface area contributed by atoms with Gasteiger partial charge in [0.15, 0.2) is 0 Å². The second-order valence-corrected chi connectivity index (χ2v) is 3.84. The SMILES string of the molecule is CC(C)(C#N)c1c[nH]c2cccnc12.CO. The quantitative estimate of drug-likeness (QED) is 0.767. The van der Waals surface area contributed by atoms with Crippen molar-refractivity contribution in [1.29, 1.82) is 5.26 Å². The molecule has 16 heavy (non-hydrogen) atoms. The Kier molecular flexibility index (Phi) is 3.64. The zero-order valence-electron chi connectivity index (χ0n) is 9.65. The number of nitriles is 1. The van der Waals surface area contributed by atoms with Crippen molar-refractivity contribution in [3.8, 4) is 6.07 Å². The second kappa shape index (κ2) is 4.77. The molecule has 0 spiro atoms. The van der Waals surface area contributed by atoms with Gasteiger partial charge in [-0.05, 0) is 26.0 Å². The third-order valence-corrected chi connectivity index (χ3v) is 2.39. The van der Waals surface area contributed by atoms with Crippen molar-refractivity contribution >= 4 is 11.0 Å². The second-order valence-electron chi connectivity index (χ2n) is 3.84. The summed E-state index contributed by atoms with van der Waals surface area (Å²) in [6.07, 6.45) is 3.61. The van der Waals surface area contributed by atoms with Crippen LogP contribution >= 0.6 is 0 Å². The monoisotopic (exact) mass is 217 g/mol. The summed E-state index contributed by atoms with van der Waals surface area (Å²) in [6, 6.07) is 6.11. The van der Waals surface area contributed by atoms with Gasteiger partial charge in [0.25, 0.3) is 0 Å². The number of fused-ring (bicyclic) bond motifs is 1. The number of hydrogen-bond donors (Lipinski definition) is 2. The Morgan fingerprint density at radius 1 is 1.44 bits per heavy atom. The van der Waals surface area contributed by atoms with E-state index in [4.69, 9.17) is 10.4 Å². The highest BCUT2D eigenvalue weighted by molar-refractivity contribution is 5.80. The molecule has 2 aromatic heterocycles. The van der Waals surface area contributed by atoms with Crippen molar-refractivity contribution in [2.75, 3.05) is 7.11 Å². The van der Waals surface area contributed by atoms with Gasteiger partial charge in [-0.1, -0.05) is 0 Å². The van der Waals surface area contributed by atoms with Crippen LogP contribution in [0.25, 0.3) is 11.0 Å². The fourth-order valence-electron chi connectivity index (χ4n) is 1.49. The van der Waals surface area contributed by atoms with Crippen LogP contribution in [0.5, 0.6) is 0 Å². The Morgan fingerprint density at radius 2 is 2.12 bits per heavy atom. The lowest BCUT2D eigenvalue weighted by Gasteiger charge is -2.12. The normalized spacial score (nSPS) is 10.4. The van der Waals surface area contributed by atoms with Crippen LogP contribution in [0, 0.1) is 11.3 Å². The molecule has 0 bridgehead atoms. The highest BCUT2D eigenvalue weighted by atomic mass is 16.2. The van der Waals surface area contributed by atoms with E-state index in [1.807, 2.05) is 32.2 Å². The number of rotatable bonds is 1. The first kappa shape index (κ1) is 12.2. The van der Waals surface area contributed by atoms with Crippen LogP contribution in [-0.4, -0.2) is 22.2 Å². The molecule has 0 fully saturated rings. The van der Waals surface area contributed by atoms with Crippen molar-refractivity contribution in [3.63, 3.8) is 0 Å². The smallest absolute Gasteiger partial charge is 0.0926 e. The number of aromatic amines is 1. The van der Waals surface area contributed by atoms with Gasteiger partial charge in [0, 0.05) is 25.1 Å². The maximum atomic E-state index is 9.03. The summed E-state index contributed by atoms with van der Waals surface area (Å²) in [5.41, 5.74) is 2.33. The molecule has 0 amide bonds. The number of nitrogens with one attached hydrogen (secondary N) is 1. The van der Waals surface area contributed by atoms with E-state index < -0.39 is 5.41 Å². The Balaban J connectivity index is 0.000000606. The van der Waals surface area contributed by atoms with E-state index in [1.54, 1.807) is 6.20 Å². The number of aliphatic hydroxyl groups is 1. The molecular formula is C12H15N3O. The van der Waals surface area contributed by atoms with E-state index in [1.165, 1.54) is 0 Å². The van der Waals surface area contributed by atoms with Gasteiger partial charge < -0.3 is 10.1 Å². The molecular weight excluding hydrogens is 202 g/mol. The number of aliphatic hydroxyl groups excluding tert-OH is 1. The summed E-state index contributed by atoms with van der Waals surface area (Å²) in [6.45, 7) is 3.79. The van der Waals surface area contributed by atoms with Gasteiger partial charge in [-0.25, -0.2) is 0 Å². The van der Waals surface area contributed by atoms with Crippen LogP contribution in [0.2, 0.25) is 0 Å². The first-order chi connectivity index (χ1) is 7.65. The first-order valence-corrected chi connectivity index (χ1v) is 4.94. The average molecular weight is 217 g/mol. The molecule has 2 aromatic rings. The van der Waals surface area contributed by atoms with Gasteiger partial charge in [0.05, 0.1) is 22.5 Å². The van der Waals surface area contributed by atoms with Crippen LogP contribution in [0.4, 0.5) is 0 Å². The Morgan fingerprint density at radius 3 is 2.75 bits per heavy atom. The first-order valence-electron chi connectivity index (χ1n) is 4.94. The zero-order valence-corrected chi connectivity index (χ0v) is 9.65. The predicted octanol–water partition coefficient (Wildman–Crippen LogP) is 1.97. The molecule has 0 aliphatic heterocycles. The van der Waals surface area contributed by atoms with Crippen molar-refractivity contribution in [1.82, 2.24) is 9.97 Å². The molecule has 0 aliphatic carbocycles. The van der Waals surface area contributed by atoms with Crippen LogP contribution in [0.1, 0.15) is 19.4 Å². The number of pyridine rings is 1. The van der Waals surface area contributed by atoms with Crippen molar-refractivity contribution in [2.45, 2.75) is 19.3 Å². The molecule has 2 rings (SSSR count). The van der Waals surface area contributed by atoms with E-state index in [0.29, 0.717) is 0 Å². The Labute approximate surface area is 94.6 Å². The predicted molar refractivity (Wildman–Crippen MR) is 62.9 cm³/mol. The Bertz CT molecular complexity index is 508. The molecule has 0 saturated carbocycles. The maximum absolute atomic E-state index is 9.03. The van der Waals surface area contributed by atoms with Gasteiger partial charge in [0.1, 0.15) is 0 Å². The van der Waals surface area contributed by atoms with E-state index in [2.05, 4.69) is 16.0 Å². The number of aromatic nitrogens is 2. The molecule has 4 heteroatoms. The molecule has 84 valence electrons. The lowest BCUT2D eigenvalue weighted by Crippen LogP contribution is -2.13. The highest BCUT2D eigenvalue weighted by Gasteiger charge is 2.23. The van der Waals surface area contributed by atoms with Gasteiger partial charge in [-0.3, -0.25) is 4.98 Å². The number of hydrogen-bond acceptors (Lipinski definition) is 3. The summed E-state index contributed by atoms with van der Waals surface area (Å²) in [7, 11) is 1.00. The zero-order chi connectivity index (χ0) is 12.2. The standard InChI is InChI=1S/C11H11N3.CH4O/c1-11(2,7-12)8-6-14-9-4-3-5-13-10(8)9;1-2/h3-6,14H,1-2H3;2H,1H3. The maximum Gasteiger partial charge on any atom is 0.0926 e. The minimum Gasteiger partial charge on any atom is -0.400 e. The number of H-pyrrole nitrogens is 1. The third-order valence-electron chi connectivity index (χ3n) is 2.39. The molecule has 0 atom stereocenters. The van der Waals surface area contributed by atoms with Crippen LogP contribution in [0.3, 0.4) is 0 Å². The summed E-state index contributed by atoms with van der Waals surface area (Å²) in [5, 5.41) is 16.0. The summed E-state index contributed by atoms with van der Waals surface area (Å²) in [4.78, 5) is 7.39. The van der Waals surface area contributed by atoms with Gasteiger partial charge in [-0.2, -0.15) is 5.26 Å². The van der Waals surface area contributed by atoms with E-state index >= 15 is 0 Å². The summed E-state index contributed by atoms with van der Waals surface area (Å²) in [5.74, 6) is 0. The van der Waals surface area contributed by atoms with Gasteiger partial charge >= 0.3 is 0 Å². The largest absolute Gasteiger partial charge is 0.400 e. The minimum atomic E-state index is -0.493. The van der Waals surface area contributed by atoms with Crippen LogP contribution in [0.15, 0.2) is 24.5 Å². The molecule has 2 heterocycles. The molecule has 0 aromatic carbocycles.